The van der Waals surface area contributed by atoms with Crippen molar-refractivity contribution in [1.29, 1.82) is 0 Å². The number of carbonyl (C=O) groups is 2. The highest BCUT2D eigenvalue weighted by Gasteiger charge is 2.50. The summed E-state index contributed by atoms with van der Waals surface area (Å²) in [4.78, 5) is 29.5. The highest BCUT2D eigenvalue weighted by atomic mass is 35.5. The molecular weight excluding hydrogens is 454 g/mol. The van der Waals surface area contributed by atoms with Crippen LogP contribution in [0, 0.1) is 0 Å². The SMILES string of the molecule is COc1ccc(Cl)cc1N1C(=O)c2cc3occc3n2CC1(C)C(=O)NC1CCCCCCC1. The molecule has 34 heavy (non-hydrogen) atoms. The lowest BCUT2D eigenvalue weighted by molar-refractivity contribution is -0.127. The number of benzene rings is 1. The number of aromatic nitrogens is 1. The first-order valence-electron chi connectivity index (χ1n) is 12.0. The fourth-order valence-electron chi connectivity index (χ4n) is 5.37. The van der Waals surface area contributed by atoms with Gasteiger partial charge >= 0.3 is 0 Å². The van der Waals surface area contributed by atoms with E-state index in [1.165, 1.54) is 19.3 Å². The minimum absolute atomic E-state index is 0.0998. The molecule has 1 atom stereocenters. The van der Waals surface area contributed by atoms with Crippen molar-refractivity contribution in [2.45, 2.75) is 70.0 Å². The molecule has 8 heteroatoms. The zero-order chi connectivity index (χ0) is 23.9. The predicted octanol–water partition coefficient (Wildman–Crippen LogP) is 5.54. The summed E-state index contributed by atoms with van der Waals surface area (Å²) in [6, 6.07) is 8.77. The summed E-state index contributed by atoms with van der Waals surface area (Å²) in [5.74, 6) is 0.00408. The first-order valence-corrected chi connectivity index (χ1v) is 12.4. The van der Waals surface area contributed by atoms with Gasteiger partial charge in [0.25, 0.3) is 5.91 Å². The third-order valence-electron chi connectivity index (χ3n) is 7.22. The minimum atomic E-state index is -1.20. The largest absolute Gasteiger partial charge is 0.495 e. The van der Waals surface area contributed by atoms with Crippen molar-refractivity contribution in [3.05, 3.63) is 47.3 Å². The number of nitrogens with one attached hydrogen (secondary N) is 1. The molecule has 2 amide bonds. The summed E-state index contributed by atoms with van der Waals surface area (Å²) >= 11 is 6.34. The van der Waals surface area contributed by atoms with Crippen molar-refractivity contribution in [2.24, 2.45) is 0 Å². The molecule has 1 saturated carbocycles. The topological polar surface area (TPSA) is 76.7 Å². The minimum Gasteiger partial charge on any atom is -0.495 e. The summed E-state index contributed by atoms with van der Waals surface area (Å²) < 4.78 is 13.0. The Kier molecular flexibility index (Phi) is 6.06. The predicted molar refractivity (Wildman–Crippen MR) is 132 cm³/mol. The van der Waals surface area contributed by atoms with Crippen LogP contribution in [-0.4, -0.2) is 35.1 Å². The van der Waals surface area contributed by atoms with Gasteiger partial charge in [-0.1, -0.05) is 43.7 Å². The van der Waals surface area contributed by atoms with Crippen molar-refractivity contribution in [3.63, 3.8) is 0 Å². The molecule has 1 aliphatic heterocycles. The Hall–Kier alpha value is -2.93. The summed E-state index contributed by atoms with van der Waals surface area (Å²) in [5, 5.41) is 3.75. The van der Waals surface area contributed by atoms with Crippen LogP contribution >= 0.6 is 11.6 Å². The van der Waals surface area contributed by atoms with E-state index in [1.807, 2.05) is 17.6 Å². The Morgan fingerprint density at radius 3 is 2.62 bits per heavy atom. The van der Waals surface area contributed by atoms with Crippen LogP contribution in [0.25, 0.3) is 11.1 Å². The van der Waals surface area contributed by atoms with Crippen LogP contribution in [0.3, 0.4) is 0 Å². The number of methoxy groups -OCH3 is 1. The van der Waals surface area contributed by atoms with Crippen LogP contribution in [0.4, 0.5) is 5.69 Å². The molecule has 0 bridgehead atoms. The number of nitrogens with zero attached hydrogens (tertiary/aromatic N) is 2. The van der Waals surface area contributed by atoms with Gasteiger partial charge in [0.1, 0.15) is 17.0 Å². The number of rotatable bonds is 4. The molecule has 2 aliphatic rings. The molecule has 0 saturated heterocycles. The third-order valence-corrected chi connectivity index (χ3v) is 7.45. The van der Waals surface area contributed by atoms with Crippen molar-refractivity contribution >= 4 is 40.2 Å². The van der Waals surface area contributed by atoms with Gasteiger partial charge in [-0.2, -0.15) is 0 Å². The highest BCUT2D eigenvalue weighted by molar-refractivity contribution is 6.31. The van der Waals surface area contributed by atoms with E-state index in [1.54, 1.807) is 42.5 Å². The Morgan fingerprint density at radius 1 is 1.15 bits per heavy atom. The van der Waals surface area contributed by atoms with Gasteiger partial charge in [-0.15, -0.1) is 0 Å². The van der Waals surface area contributed by atoms with E-state index in [9.17, 15) is 9.59 Å². The molecule has 1 unspecified atom stereocenters. The molecule has 3 aromatic rings. The Bertz CT molecular complexity index is 1220. The third kappa shape index (κ3) is 3.86. The van der Waals surface area contributed by atoms with E-state index < -0.39 is 5.54 Å². The van der Waals surface area contributed by atoms with Crippen molar-refractivity contribution in [2.75, 3.05) is 12.0 Å². The summed E-state index contributed by atoms with van der Waals surface area (Å²) in [7, 11) is 1.54. The molecule has 1 fully saturated rings. The van der Waals surface area contributed by atoms with E-state index in [-0.39, 0.29) is 24.4 Å². The number of hydrogen-bond donors (Lipinski definition) is 1. The fourth-order valence-corrected chi connectivity index (χ4v) is 5.54. The maximum atomic E-state index is 14.0. The Labute approximate surface area is 204 Å². The van der Waals surface area contributed by atoms with E-state index in [4.69, 9.17) is 20.8 Å². The van der Waals surface area contributed by atoms with Gasteiger partial charge in [0.2, 0.25) is 5.91 Å². The van der Waals surface area contributed by atoms with E-state index in [2.05, 4.69) is 5.32 Å². The van der Waals surface area contributed by atoms with E-state index >= 15 is 0 Å². The molecule has 1 aliphatic carbocycles. The molecule has 7 nitrogen and oxygen atoms in total. The highest BCUT2D eigenvalue weighted by Crippen LogP contribution is 2.41. The molecule has 3 heterocycles. The first kappa shape index (κ1) is 22.8. The quantitative estimate of drug-likeness (QED) is 0.528. The van der Waals surface area contributed by atoms with Gasteiger partial charge in [-0.25, -0.2) is 0 Å². The number of ether oxygens (including phenoxy) is 1. The monoisotopic (exact) mass is 483 g/mol. The number of carbonyl (C=O) groups excluding carboxylic acids is 2. The molecule has 0 radical (unpaired) electrons. The summed E-state index contributed by atoms with van der Waals surface area (Å²) in [5.41, 5.74) is 1.15. The lowest BCUT2D eigenvalue weighted by atomic mass is 9.91. The van der Waals surface area contributed by atoms with E-state index in [0.29, 0.717) is 27.7 Å². The van der Waals surface area contributed by atoms with Crippen LogP contribution in [-0.2, 0) is 11.3 Å². The van der Waals surface area contributed by atoms with Gasteiger partial charge in [0.15, 0.2) is 5.58 Å². The van der Waals surface area contributed by atoms with Gasteiger partial charge < -0.3 is 19.0 Å². The van der Waals surface area contributed by atoms with Crippen LogP contribution in [0.1, 0.15) is 62.4 Å². The average Bonchev–Trinajstić information content (AvgIpc) is 3.38. The molecule has 1 aromatic carbocycles. The Balaban J connectivity index is 1.59. The van der Waals surface area contributed by atoms with Crippen LogP contribution in [0.2, 0.25) is 5.02 Å². The number of amides is 2. The Morgan fingerprint density at radius 2 is 1.88 bits per heavy atom. The molecule has 2 aromatic heterocycles. The average molecular weight is 484 g/mol. The number of furan rings is 1. The van der Waals surface area contributed by atoms with Crippen LogP contribution in [0.5, 0.6) is 5.75 Å². The van der Waals surface area contributed by atoms with E-state index in [0.717, 1.165) is 31.2 Å². The molecule has 5 rings (SSSR count). The zero-order valence-electron chi connectivity index (χ0n) is 19.6. The lowest BCUT2D eigenvalue weighted by Gasteiger charge is -2.44. The maximum absolute atomic E-state index is 14.0. The maximum Gasteiger partial charge on any atom is 0.276 e. The van der Waals surface area contributed by atoms with Crippen LogP contribution < -0.4 is 15.0 Å². The number of fused-ring (bicyclic) bond motifs is 3. The smallest absolute Gasteiger partial charge is 0.276 e. The number of halogens is 1. The first-order chi connectivity index (χ1) is 16.4. The van der Waals surface area contributed by atoms with Crippen molar-refractivity contribution in [1.82, 2.24) is 9.88 Å². The summed E-state index contributed by atoms with van der Waals surface area (Å²) in [6.45, 7) is 2.10. The molecule has 1 N–H and O–H groups in total. The molecule has 180 valence electrons. The molecular formula is C26H30ClN3O4. The van der Waals surface area contributed by atoms with Gasteiger partial charge in [0, 0.05) is 23.2 Å². The van der Waals surface area contributed by atoms with Crippen molar-refractivity contribution < 1.29 is 18.7 Å². The summed E-state index contributed by atoms with van der Waals surface area (Å²) in [6.07, 6.45) is 9.35. The second kappa shape index (κ2) is 9.02. The van der Waals surface area contributed by atoms with Gasteiger partial charge in [0.05, 0.1) is 31.1 Å². The van der Waals surface area contributed by atoms with Gasteiger partial charge in [-0.3, -0.25) is 14.5 Å². The number of hydrogen-bond acceptors (Lipinski definition) is 4. The second-order valence-electron chi connectivity index (χ2n) is 9.53. The van der Waals surface area contributed by atoms with Crippen molar-refractivity contribution in [3.8, 4) is 5.75 Å². The van der Waals surface area contributed by atoms with Gasteiger partial charge in [-0.05, 0) is 38.0 Å². The zero-order valence-corrected chi connectivity index (χ0v) is 20.4. The van der Waals surface area contributed by atoms with Crippen LogP contribution in [0.15, 0.2) is 41.0 Å². The fraction of sp³-hybridized carbons (Fsp3) is 0.462. The normalized spacial score (nSPS) is 21.7. The lowest BCUT2D eigenvalue weighted by Crippen LogP contribution is -2.65. The molecule has 0 spiro atoms. The number of anilines is 1. The second-order valence-corrected chi connectivity index (χ2v) is 9.97. The standard InChI is InChI=1S/C26H30ClN3O4/c1-26(25(32)28-18-8-6-4-3-5-7-9-18)16-29-19-12-13-34-23(19)15-21(29)24(31)30(26)20-14-17(27)10-11-22(20)33-2/h10-15,18H,3-9,16H2,1-2H3,(H,28,32).